The molecule has 106 valence electrons. The van der Waals surface area contributed by atoms with Gasteiger partial charge in [-0.15, -0.1) is 0 Å². The lowest BCUT2D eigenvalue weighted by Gasteiger charge is -2.12. The van der Waals surface area contributed by atoms with E-state index in [0.29, 0.717) is 28.3 Å². The van der Waals surface area contributed by atoms with Crippen LogP contribution in [0.4, 0.5) is 5.69 Å². The van der Waals surface area contributed by atoms with Crippen molar-refractivity contribution in [2.75, 3.05) is 19.5 Å². The fourth-order valence-electron chi connectivity index (χ4n) is 1.83. The van der Waals surface area contributed by atoms with Gasteiger partial charge in [0.2, 0.25) is 0 Å². The van der Waals surface area contributed by atoms with Gasteiger partial charge in [-0.2, -0.15) is 5.26 Å². The Hall–Kier alpha value is -3.07. The first kappa shape index (κ1) is 14.3. The summed E-state index contributed by atoms with van der Waals surface area (Å²) in [6.07, 6.45) is 2.94. The molecular weight excluding hydrogens is 270 g/mol. The Bertz CT molecular complexity index is 708. The van der Waals surface area contributed by atoms with E-state index in [4.69, 9.17) is 14.7 Å². The lowest BCUT2D eigenvalue weighted by molar-refractivity contribution is 0.102. The molecule has 0 bridgehead atoms. The Morgan fingerprint density at radius 2 is 2.00 bits per heavy atom. The number of carbonyl (C=O) groups excluding carboxylic acids is 1. The highest BCUT2D eigenvalue weighted by molar-refractivity contribution is 6.07. The molecule has 0 saturated heterocycles. The van der Waals surface area contributed by atoms with E-state index in [1.165, 1.54) is 32.7 Å². The number of ether oxygens (including phenoxy) is 2. The second-order valence-electron chi connectivity index (χ2n) is 4.02. The maximum Gasteiger partial charge on any atom is 0.259 e. The summed E-state index contributed by atoms with van der Waals surface area (Å²) in [5.74, 6) is 0.356. The number of amides is 1. The molecular formula is C15H13N3O3. The van der Waals surface area contributed by atoms with Gasteiger partial charge in [-0.1, -0.05) is 6.07 Å². The van der Waals surface area contributed by atoms with E-state index in [2.05, 4.69) is 10.3 Å². The first-order valence-electron chi connectivity index (χ1n) is 6.07. The van der Waals surface area contributed by atoms with Crippen LogP contribution in [-0.2, 0) is 0 Å². The molecule has 1 amide bonds. The normalized spacial score (nSPS) is 9.57. The molecule has 0 radical (unpaired) electrons. The molecule has 1 heterocycles. The van der Waals surface area contributed by atoms with Crippen molar-refractivity contribution >= 4 is 11.6 Å². The van der Waals surface area contributed by atoms with E-state index in [1.54, 1.807) is 18.2 Å². The number of anilines is 1. The Morgan fingerprint density at radius 1 is 1.24 bits per heavy atom. The van der Waals surface area contributed by atoms with Crippen molar-refractivity contribution < 1.29 is 14.3 Å². The molecule has 1 aromatic carbocycles. The van der Waals surface area contributed by atoms with Crippen molar-refractivity contribution in [2.45, 2.75) is 0 Å². The van der Waals surface area contributed by atoms with Crippen LogP contribution in [0.3, 0.4) is 0 Å². The number of benzene rings is 1. The third-order valence-corrected chi connectivity index (χ3v) is 2.85. The zero-order valence-corrected chi connectivity index (χ0v) is 11.6. The molecule has 0 aliphatic rings. The number of para-hydroxylation sites is 1. The van der Waals surface area contributed by atoms with Gasteiger partial charge in [0.25, 0.3) is 5.91 Å². The summed E-state index contributed by atoms with van der Waals surface area (Å²) in [6.45, 7) is 0. The molecule has 0 fully saturated rings. The van der Waals surface area contributed by atoms with Crippen LogP contribution < -0.4 is 14.8 Å². The largest absolute Gasteiger partial charge is 0.495 e. The highest BCUT2D eigenvalue weighted by Crippen LogP contribution is 2.29. The third-order valence-electron chi connectivity index (χ3n) is 2.85. The number of hydrogen-bond acceptors (Lipinski definition) is 5. The lowest BCUT2D eigenvalue weighted by atomic mass is 10.1. The zero-order valence-electron chi connectivity index (χ0n) is 11.6. The van der Waals surface area contributed by atoms with Gasteiger partial charge >= 0.3 is 0 Å². The lowest BCUT2D eigenvalue weighted by Crippen LogP contribution is -2.15. The third kappa shape index (κ3) is 2.92. The highest BCUT2D eigenvalue weighted by Gasteiger charge is 2.16. The topological polar surface area (TPSA) is 84.2 Å². The summed E-state index contributed by atoms with van der Waals surface area (Å²) in [7, 11) is 2.93. The second-order valence-corrected chi connectivity index (χ2v) is 4.02. The standard InChI is InChI=1S/C15H13N3O3/c1-20-12-5-3-4-10(8-16)14(12)18-15(19)11-6-7-17-9-13(11)21-2/h3-7,9H,1-2H3,(H,18,19). The van der Waals surface area contributed by atoms with Crippen molar-refractivity contribution in [3.05, 3.63) is 47.8 Å². The summed E-state index contributed by atoms with van der Waals surface area (Å²) in [5.41, 5.74) is 0.962. The smallest absolute Gasteiger partial charge is 0.259 e. The maximum atomic E-state index is 12.3. The number of methoxy groups -OCH3 is 2. The van der Waals surface area contributed by atoms with Gasteiger partial charge in [0.05, 0.1) is 31.5 Å². The van der Waals surface area contributed by atoms with E-state index in [1.807, 2.05) is 6.07 Å². The SMILES string of the molecule is COc1cnccc1C(=O)Nc1c(C#N)cccc1OC. The van der Waals surface area contributed by atoms with E-state index < -0.39 is 5.91 Å². The predicted molar refractivity (Wildman–Crippen MR) is 76.5 cm³/mol. The number of aromatic nitrogens is 1. The van der Waals surface area contributed by atoms with Gasteiger partial charge in [-0.05, 0) is 18.2 Å². The molecule has 0 aliphatic carbocycles. The minimum atomic E-state index is -0.407. The predicted octanol–water partition coefficient (Wildman–Crippen LogP) is 2.22. The molecule has 2 aromatic rings. The van der Waals surface area contributed by atoms with Crippen molar-refractivity contribution in [2.24, 2.45) is 0 Å². The van der Waals surface area contributed by atoms with E-state index in [-0.39, 0.29) is 0 Å². The van der Waals surface area contributed by atoms with Gasteiger partial charge < -0.3 is 14.8 Å². The first-order chi connectivity index (χ1) is 10.2. The average Bonchev–Trinajstić information content (AvgIpc) is 2.54. The maximum absolute atomic E-state index is 12.3. The Morgan fingerprint density at radius 3 is 2.67 bits per heavy atom. The van der Waals surface area contributed by atoms with Crippen LogP contribution in [0.5, 0.6) is 11.5 Å². The summed E-state index contributed by atoms with van der Waals surface area (Å²) in [5, 5.41) is 11.8. The Balaban J connectivity index is 2.39. The van der Waals surface area contributed by atoms with Gasteiger partial charge in [0, 0.05) is 6.20 Å². The molecule has 0 unspecified atom stereocenters. The minimum absolute atomic E-state index is 0.315. The van der Waals surface area contributed by atoms with Crippen LogP contribution in [-0.4, -0.2) is 25.1 Å². The Labute approximate surface area is 121 Å². The van der Waals surface area contributed by atoms with Gasteiger partial charge in [0.15, 0.2) is 0 Å². The summed E-state index contributed by atoms with van der Waals surface area (Å²) >= 11 is 0. The highest BCUT2D eigenvalue weighted by atomic mass is 16.5. The first-order valence-corrected chi connectivity index (χ1v) is 6.07. The van der Waals surface area contributed by atoms with Gasteiger partial charge in [-0.25, -0.2) is 0 Å². The Kier molecular flexibility index (Phi) is 4.36. The molecule has 0 saturated carbocycles. The van der Waals surface area contributed by atoms with Crippen molar-refractivity contribution in [1.29, 1.82) is 5.26 Å². The van der Waals surface area contributed by atoms with E-state index in [9.17, 15) is 4.79 Å². The molecule has 0 aliphatic heterocycles. The van der Waals surface area contributed by atoms with Crippen LogP contribution in [0, 0.1) is 11.3 Å². The van der Waals surface area contributed by atoms with Gasteiger partial charge in [0.1, 0.15) is 23.3 Å². The van der Waals surface area contributed by atoms with Crippen LogP contribution in [0.1, 0.15) is 15.9 Å². The fraction of sp³-hybridized carbons (Fsp3) is 0.133. The molecule has 1 N–H and O–H groups in total. The molecule has 6 heteroatoms. The minimum Gasteiger partial charge on any atom is -0.495 e. The molecule has 0 atom stereocenters. The molecule has 2 rings (SSSR count). The van der Waals surface area contributed by atoms with Crippen molar-refractivity contribution in [1.82, 2.24) is 4.98 Å². The van der Waals surface area contributed by atoms with Crippen LogP contribution in [0.25, 0.3) is 0 Å². The van der Waals surface area contributed by atoms with Crippen molar-refractivity contribution in [3.8, 4) is 17.6 Å². The monoisotopic (exact) mass is 283 g/mol. The quantitative estimate of drug-likeness (QED) is 0.930. The number of nitrogens with one attached hydrogen (secondary N) is 1. The van der Waals surface area contributed by atoms with Crippen LogP contribution >= 0.6 is 0 Å². The van der Waals surface area contributed by atoms with E-state index >= 15 is 0 Å². The second kappa shape index (κ2) is 6.39. The van der Waals surface area contributed by atoms with Crippen LogP contribution in [0.2, 0.25) is 0 Å². The van der Waals surface area contributed by atoms with Crippen molar-refractivity contribution in [3.63, 3.8) is 0 Å². The molecule has 21 heavy (non-hydrogen) atoms. The number of hydrogen-bond donors (Lipinski definition) is 1. The average molecular weight is 283 g/mol. The summed E-state index contributed by atoms with van der Waals surface area (Å²) in [4.78, 5) is 16.2. The van der Waals surface area contributed by atoms with Gasteiger partial charge in [-0.3, -0.25) is 9.78 Å². The number of nitriles is 1. The number of nitrogens with zero attached hydrogens (tertiary/aromatic N) is 2. The number of carbonyl (C=O) groups is 1. The summed E-state index contributed by atoms with van der Waals surface area (Å²) < 4.78 is 10.3. The van der Waals surface area contributed by atoms with E-state index in [0.717, 1.165) is 0 Å². The van der Waals surface area contributed by atoms with Crippen LogP contribution in [0.15, 0.2) is 36.7 Å². The molecule has 6 nitrogen and oxygen atoms in total. The summed E-state index contributed by atoms with van der Waals surface area (Å²) in [6, 6.07) is 8.50. The fourth-order valence-corrected chi connectivity index (χ4v) is 1.83. The number of pyridine rings is 1. The zero-order chi connectivity index (χ0) is 15.2. The number of rotatable bonds is 4. The molecule has 0 spiro atoms. The molecule has 1 aromatic heterocycles.